The van der Waals surface area contributed by atoms with Gasteiger partial charge in [-0.25, -0.2) is 13.1 Å². The van der Waals surface area contributed by atoms with Gasteiger partial charge in [0.1, 0.15) is 12.4 Å². The Labute approximate surface area is 196 Å². The molecule has 2 atom stereocenters. The molecule has 2 N–H and O–H groups in total. The summed E-state index contributed by atoms with van der Waals surface area (Å²) in [5, 5.41) is 3.64. The molecule has 9 heteroatoms. The standard InChI is InChI=1S/C23H35ClN2O5S/c1-16(2)32(28,29)26-21-4-3-11-25-22(21)15-31-19-8-5-17(6-9-19)20-14-18(24)7-10-23(20)30-13-12-27/h7,10,12,14,16-17,19,21-22,25-26H,3-6,8-9,11,13,15H2,1-2H3/t17?,19?,21-,22-/m0/s1. The van der Waals surface area contributed by atoms with Crippen LogP contribution in [0.5, 0.6) is 5.75 Å². The minimum atomic E-state index is -3.32. The van der Waals surface area contributed by atoms with Gasteiger partial charge in [-0.05, 0) is 88.6 Å². The Balaban J connectivity index is 1.53. The maximum absolute atomic E-state index is 12.3. The molecule has 1 saturated heterocycles. The molecule has 7 nitrogen and oxygen atoms in total. The molecule has 1 aliphatic heterocycles. The summed E-state index contributed by atoms with van der Waals surface area (Å²) in [6, 6.07) is 5.38. The van der Waals surface area contributed by atoms with Crippen molar-refractivity contribution >= 4 is 27.9 Å². The highest BCUT2D eigenvalue weighted by Crippen LogP contribution is 2.39. The Morgan fingerprint density at radius 2 is 1.97 bits per heavy atom. The Hall–Kier alpha value is -1.19. The maximum Gasteiger partial charge on any atom is 0.214 e. The number of nitrogens with one attached hydrogen (secondary N) is 2. The SMILES string of the molecule is CC(C)S(=O)(=O)N[C@H]1CCCN[C@H]1COC1CCC(c2cc(Cl)ccc2OCC=O)CC1. The summed E-state index contributed by atoms with van der Waals surface area (Å²) >= 11 is 6.21. The van der Waals surface area contributed by atoms with E-state index in [1.165, 1.54) is 0 Å². The molecule has 32 heavy (non-hydrogen) atoms. The van der Waals surface area contributed by atoms with Crippen molar-refractivity contribution < 1.29 is 22.7 Å². The van der Waals surface area contributed by atoms with E-state index in [2.05, 4.69) is 10.0 Å². The predicted octanol–water partition coefficient (Wildman–Crippen LogP) is 3.41. The zero-order valence-corrected chi connectivity index (χ0v) is 20.5. The number of carbonyl (C=O) groups excluding carboxylic acids is 1. The molecule has 0 bridgehead atoms. The normalized spacial score (nSPS) is 26.8. The van der Waals surface area contributed by atoms with Crippen LogP contribution in [0.25, 0.3) is 0 Å². The van der Waals surface area contributed by atoms with Crippen LogP contribution in [0, 0.1) is 0 Å². The summed E-state index contributed by atoms with van der Waals surface area (Å²) in [4.78, 5) is 10.7. The smallest absolute Gasteiger partial charge is 0.214 e. The molecule has 0 spiro atoms. The number of aldehydes is 1. The van der Waals surface area contributed by atoms with Gasteiger partial charge in [0.15, 0.2) is 6.29 Å². The van der Waals surface area contributed by atoms with Crippen LogP contribution in [0.1, 0.15) is 63.9 Å². The molecule has 3 rings (SSSR count). The Bertz CT molecular complexity index is 856. The molecular weight excluding hydrogens is 452 g/mol. The highest BCUT2D eigenvalue weighted by Gasteiger charge is 2.31. The van der Waals surface area contributed by atoms with Gasteiger partial charge in [-0.15, -0.1) is 0 Å². The number of halogens is 1. The topological polar surface area (TPSA) is 93.7 Å². The fourth-order valence-corrected chi connectivity index (χ4v) is 5.65. The van der Waals surface area contributed by atoms with E-state index in [0.717, 1.165) is 62.7 Å². The molecule has 2 aliphatic rings. The highest BCUT2D eigenvalue weighted by molar-refractivity contribution is 7.90. The Morgan fingerprint density at radius 1 is 1.22 bits per heavy atom. The fourth-order valence-electron chi connectivity index (χ4n) is 4.49. The zero-order chi connectivity index (χ0) is 23.1. The quantitative estimate of drug-likeness (QED) is 0.492. The zero-order valence-electron chi connectivity index (χ0n) is 18.9. The molecule has 1 aromatic rings. The van der Waals surface area contributed by atoms with E-state index in [-0.39, 0.29) is 24.8 Å². The van der Waals surface area contributed by atoms with E-state index in [4.69, 9.17) is 21.1 Å². The maximum atomic E-state index is 12.3. The lowest BCUT2D eigenvalue weighted by Gasteiger charge is -2.35. The first-order valence-electron chi connectivity index (χ1n) is 11.5. The second-order valence-electron chi connectivity index (χ2n) is 8.99. The molecular formula is C23H35ClN2O5S. The first-order valence-corrected chi connectivity index (χ1v) is 13.4. The number of hydrogen-bond donors (Lipinski definition) is 2. The molecule has 1 heterocycles. The molecule has 0 aromatic heterocycles. The number of hydrogen-bond acceptors (Lipinski definition) is 6. The van der Waals surface area contributed by atoms with Crippen molar-refractivity contribution in [1.82, 2.24) is 10.0 Å². The van der Waals surface area contributed by atoms with Crippen LogP contribution in [-0.2, 0) is 19.6 Å². The van der Waals surface area contributed by atoms with Crippen molar-refractivity contribution in [2.75, 3.05) is 19.8 Å². The average Bonchev–Trinajstić information content (AvgIpc) is 2.77. The summed E-state index contributed by atoms with van der Waals surface area (Å²) in [5.74, 6) is 1.03. The minimum absolute atomic E-state index is 0.0220. The molecule has 180 valence electrons. The van der Waals surface area contributed by atoms with Gasteiger partial charge in [0.2, 0.25) is 10.0 Å². The number of piperidine rings is 1. The van der Waals surface area contributed by atoms with Crippen LogP contribution in [0.3, 0.4) is 0 Å². The monoisotopic (exact) mass is 486 g/mol. The molecule has 1 aromatic carbocycles. The summed E-state index contributed by atoms with van der Waals surface area (Å²) in [7, 11) is -3.32. The third kappa shape index (κ3) is 6.90. The van der Waals surface area contributed by atoms with E-state index >= 15 is 0 Å². The van der Waals surface area contributed by atoms with Crippen molar-refractivity contribution in [2.24, 2.45) is 0 Å². The average molecular weight is 487 g/mol. The van der Waals surface area contributed by atoms with Crippen LogP contribution >= 0.6 is 11.6 Å². The van der Waals surface area contributed by atoms with E-state index in [9.17, 15) is 13.2 Å². The summed E-state index contributed by atoms with van der Waals surface area (Å²) < 4.78 is 39.3. The van der Waals surface area contributed by atoms with E-state index in [1.807, 2.05) is 12.1 Å². The molecule has 1 saturated carbocycles. The van der Waals surface area contributed by atoms with Gasteiger partial charge in [0.25, 0.3) is 0 Å². The van der Waals surface area contributed by atoms with Crippen LogP contribution in [0.15, 0.2) is 18.2 Å². The van der Waals surface area contributed by atoms with Crippen molar-refractivity contribution in [3.8, 4) is 5.75 Å². The van der Waals surface area contributed by atoms with Crippen LogP contribution < -0.4 is 14.8 Å². The first kappa shape index (κ1) is 25.4. The van der Waals surface area contributed by atoms with Crippen LogP contribution in [0.4, 0.5) is 0 Å². The summed E-state index contributed by atoms with van der Waals surface area (Å²) in [6.07, 6.45) is 6.39. The molecule has 0 unspecified atom stereocenters. The summed E-state index contributed by atoms with van der Waals surface area (Å²) in [5.41, 5.74) is 1.05. The Kier molecular flexibility index (Phi) is 9.37. The van der Waals surface area contributed by atoms with Gasteiger partial charge in [0, 0.05) is 17.1 Å². The van der Waals surface area contributed by atoms with Crippen LogP contribution in [0.2, 0.25) is 5.02 Å². The van der Waals surface area contributed by atoms with Crippen molar-refractivity contribution in [2.45, 2.75) is 81.7 Å². The van der Waals surface area contributed by atoms with Crippen LogP contribution in [-0.4, -0.2) is 57.9 Å². The lowest BCUT2D eigenvalue weighted by atomic mass is 9.82. The van der Waals surface area contributed by atoms with Gasteiger partial charge in [-0.1, -0.05) is 11.6 Å². The van der Waals surface area contributed by atoms with E-state index in [0.29, 0.717) is 17.5 Å². The second kappa shape index (κ2) is 11.8. The molecule has 2 fully saturated rings. The first-order chi connectivity index (χ1) is 15.3. The number of carbonyl (C=O) groups is 1. The largest absolute Gasteiger partial charge is 0.486 e. The van der Waals surface area contributed by atoms with Crippen molar-refractivity contribution in [1.29, 1.82) is 0 Å². The number of ether oxygens (including phenoxy) is 2. The fraction of sp³-hybridized carbons (Fsp3) is 0.696. The van der Waals surface area contributed by atoms with E-state index < -0.39 is 15.3 Å². The lowest BCUT2D eigenvalue weighted by molar-refractivity contribution is -0.109. The Morgan fingerprint density at radius 3 is 2.66 bits per heavy atom. The molecule has 0 amide bonds. The molecule has 1 aliphatic carbocycles. The van der Waals surface area contributed by atoms with Gasteiger partial charge >= 0.3 is 0 Å². The van der Waals surface area contributed by atoms with Gasteiger partial charge in [-0.3, -0.25) is 4.79 Å². The third-order valence-electron chi connectivity index (χ3n) is 6.42. The number of sulfonamides is 1. The van der Waals surface area contributed by atoms with Crippen molar-refractivity contribution in [3.05, 3.63) is 28.8 Å². The second-order valence-corrected chi connectivity index (χ2v) is 11.7. The molecule has 0 radical (unpaired) electrons. The van der Waals surface area contributed by atoms with Gasteiger partial charge in [0.05, 0.1) is 18.0 Å². The predicted molar refractivity (Wildman–Crippen MR) is 126 cm³/mol. The highest BCUT2D eigenvalue weighted by atomic mass is 35.5. The third-order valence-corrected chi connectivity index (χ3v) is 8.53. The number of rotatable bonds is 10. The van der Waals surface area contributed by atoms with Gasteiger partial charge in [-0.2, -0.15) is 0 Å². The minimum Gasteiger partial charge on any atom is -0.486 e. The number of benzene rings is 1. The van der Waals surface area contributed by atoms with Crippen molar-refractivity contribution in [3.63, 3.8) is 0 Å². The van der Waals surface area contributed by atoms with Gasteiger partial charge < -0.3 is 14.8 Å². The van der Waals surface area contributed by atoms with E-state index in [1.54, 1.807) is 19.9 Å². The lowest BCUT2D eigenvalue weighted by Crippen LogP contribution is -2.56. The summed E-state index contributed by atoms with van der Waals surface area (Å²) in [6.45, 7) is 4.78.